The van der Waals surface area contributed by atoms with Crippen molar-refractivity contribution in [2.75, 3.05) is 0 Å². The van der Waals surface area contributed by atoms with Gasteiger partial charge in [0.25, 0.3) is 0 Å². The molecule has 1 rings (SSSR count). The van der Waals surface area contributed by atoms with E-state index in [0.29, 0.717) is 0 Å². The van der Waals surface area contributed by atoms with Crippen LogP contribution < -0.4 is 0 Å². The SMILES string of the molecule is [H-].[H-].[Mg+2].o1oo1. The van der Waals surface area contributed by atoms with Crippen molar-refractivity contribution >= 4 is 23.1 Å². The fourth-order valence-electron chi connectivity index (χ4n) is 0. The largest absolute Gasteiger partial charge is 2.00 e. The summed E-state index contributed by atoms with van der Waals surface area (Å²) >= 11 is 0. The van der Waals surface area contributed by atoms with Crippen LogP contribution >= 0.6 is 0 Å². The van der Waals surface area contributed by atoms with Crippen LogP contribution in [0.2, 0.25) is 0 Å². The van der Waals surface area contributed by atoms with Crippen LogP contribution in [0.5, 0.6) is 0 Å². The van der Waals surface area contributed by atoms with Crippen LogP contribution in [0.25, 0.3) is 0 Å². The molecule has 0 unspecified atom stereocenters. The average Bonchev–Trinajstić information content (AvgIpc) is 1.46. The molecule has 0 fully saturated rings. The van der Waals surface area contributed by atoms with E-state index in [2.05, 4.69) is 14.2 Å². The van der Waals surface area contributed by atoms with E-state index in [1.807, 2.05) is 0 Å². The third-order valence-corrected chi connectivity index (χ3v) is 0.0680. The third-order valence-electron chi connectivity index (χ3n) is 0.0680. The zero-order valence-corrected chi connectivity index (χ0v) is 3.35. The molecule has 0 saturated heterocycles. The average molecular weight is 74.3 g/mol. The number of hydrogen-bond acceptors (Lipinski definition) is 3. The van der Waals surface area contributed by atoms with Gasteiger partial charge >= 0.3 is 23.1 Å². The molecule has 4 heteroatoms. The van der Waals surface area contributed by atoms with Crippen molar-refractivity contribution in [2.45, 2.75) is 0 Å². The molecular formula is H2MgO3. The fourth-order valence-corrected chi connectivity index (χ4v) is 0. The standard InChI is InChI=1S/Mg.O3.2H/c;1-2-3-1;;/q+2;;2*-1. The molecule has 0 atom stereocenters. The number of hydrogen-bond donors (Lipinski definition) is 0. The Morgan fingerprint density at radius 1 is 1.00 bits per heavy atom. The maximum Gasteiger partial charge on any atom is 2.00 e. The van der Waals surface area contributed by atoms with Crippen molar-refractivity contribution in [1.29, 1.82) is 0 Å². The summed E-state index contributed by atoms with van der Waals surface area (Å²) < 4.78 is 10.5. The monoisotopic (exact) mass is 74.0 g/mol. The molecule has 0 radical (unpaired) electrons. The summed E-state index contributed by atoms with van der Waals surface area (Å²) in [6.45, 7) is 0. The van der Waals surface area contributed by atoms with Gasteiger partial charge in [0.2, 0.25) is 0 Å². The van der Waals surface area contributed by atoms with E-state index >= 15 is 0 Å². The zero-order chi connectivity index (χ0) is 2.12. The summed E-state index contributed by atoms with van der Waals surface area (Å²) in [5, 5.41) is 0. The summed E-state index contributed by atoms with van der Waals surface area (Å²) in [5.74, 6) is 0. The first-order chi connectivity index (χ1) is 1.50. The predicted molar refractivity (Wildman–Crippen MR) is 11.2 cm³/mol. The summed E-state index contributed by atoms with van der Waals surface area (Å²) in [7, 11) is 0. The molecule has 0 saturated carbocycles. The van der Waals surface area contributed by atoms with Gasteiger partial charge in [-0.25, -0.2) is 0 Å². The van der Waals surface area contributed by atoms with E-state index in [4.69, 9.17) is 0 Å². The minimum atomic E-state index is 0. The van der Waals surface area contributed by atoms with Gasteiger partial charge in [0.1, 0.15) is 0 Å². The van der Waals surface area contributed by atoms with Gasteiger partial charge in [-0.2, -0.15) is 0 Å². The van der Waals surface area contributed by atoms with Crippen molar-refractivity contribution in [3.63, 3.8) is 0 Å². The van der Waals surface area contributed by atoms with Crippen molar-refractivity contribution in [3.05, 3.63) is 0 Å². The van der Waals surface area contributed by atoms with Crippen molar-refractivity contribution < 1.29 is 17.1 Å². The van der Waals surface area contributed by atoms with Gasteiger partial charge in [0.15, 0.2) is 0 Å². The van der Waals surface area contributed by atoms with Crippen molar-refractivity contribution in [2.24, 2.45) is 0 Å². The Morgan fingerprint density at radius 2 is 1.25 bits per heavy atom. The zero-order valence-electron chi connectivity index (χ0n) is 3.93. The van der Waals surface area contributed by atoms with Crippen LogP contribution in [-0.2, 0) is 0 Å². The first kappa shape index (κ1) is 4.17. The second kappa shape index (κ2) is 1.48. The number of rotatable bonds is 0. The Hall–Kier alpha value is 0.166. The van der Waals surface area contributed by atoms with Crippen LogP contribution in [0, 0.1) is 0 Å². The van der Waals surface area contributed by atoms with Crippen LogP contribution in [0.4, 0.5) is 0 Å². The molecular weight excluding hydrogens is 72.3 g/mol. The van der Waals surface area contributed by atoms with Crippen LogP contribution in [0.15, 0.2) is 14.2 Å². The molecule has 0 aliphatic heterocycles. The third kappa shape index (κ3) is 2.17. The van der Waals surface area contributed by atoms with Crippen molar-refractivity contribution in [1.82, 2.24) is 0 Å². The van der Waals surface area contributed by atoms with E-state index in [9.17, 15) is 0 Å². The topological polar surface area (TPSA) is 39.4 Å². The maximum absolute atomic E-state index is 3.50. The molecule has 0 bridgehead atoms. The van der Waals surface area contributed by atoms with Gasteiger partial charge in [-0.1, -0.05) is 0 Å². The molecule has 1 aromatic rings. The minimum Gasteiger partial charge on any atom is -1.00 e. The molecule has 0 aliphatic carbocycles. The molecule has 4 heavy (non-hydrogen) atoms. The van der Waals surface area contributed by atoms with Crippen LogP contribution in [0.1, 0.15) is 2.85 Å². The molecule has 22 valence electrons. The van der Waals surface area contributed by atoms with Gasteiger partial charge in [-0.3, -0.25) is 0 Å². The Bertz CT molecular complexity index is 36.9. The Labute approximate surface area is 40.8 Å². The molecule has 1 aromatic heterocycles. The van der Waals surface area contributed by atoms with E-state index in [1.54, 1.807) is 0 Å². The molecule has 1 heterocycles. The van der Waals surface area contributed by atoms with Crippen LogP contribution in [0.3, 0.4) is 0 Å². The molecule has 3 nitrogen and oxygen atoms in total. The summed E-state index contributed by atoms with van der Waals surface area (Å²) in [6, 6.07) is 0. The van der Waals surface area contributed by atoms with Gasteiger partial charge < -0.3 is 2.85 Å². The van der Waals surface area contributed by atoms with Gasteiger partial charge in [-0.15, -0.1) is 0 Å². The van der Waals surface area contributed by atoms with E-state index in [-0.39, 0.29) is 25.9 Å². The Morgan fingerprint density at radius 3 is 1.25 bits per heavy atom. The normalized spacial score (nSPS) is 6.00. The first-order valence-electron chi connectivity index (χ1n) is 0.500. The Balaban J connectivity index is -0.0000000300. The summed E-state index contributed by atoms with van der Waals surface area (Å²) in [4.78, 5) is 0. The van der Waals surface area contributed by atoms with Gasteiger partial charge in [0, 0.05) is 14.2 Å². The second-order valence-electron chi connectivity index (χ2n) is 0.204. The summed E-state index contributed by atoms with van der Waals surface area (Å²) in [5.41, 5.74) is 0. The minimum absolute atomic E-state index is 0. The molecule has 0 aliphatic rings. The van der Waals surface area contributed by atoms with Gasteiger partial charge in [-0.05, 0) is 0 Å². The van der Waals surface area contributed by atoms with E-state index < -0.39 is 0 Å². The second-order valence-corrected chi connectivity index (χ2v) is 0.204. The summed E-state index contributed by atoms with van der Waals surface area (Å²) in [6.07, 6.45) is 0. The Kier molecular flexibility index (Phi) is 1.54. The van der Waals surface area contributed by atoms with Gasteiger partial charge in [0.05, 0.1) is 0 Å². The maximum atomic E-state index is 3.50. The smallest absolute Gasteiger partial charge is 1.00 e. The fraction of sp³-hybridized carbons (Fsp3) is 0. The molecule has 0 aromatic carbocycles. The quantitative estimate of drug-likeness (QED) is 0.328. The molecule has 0 amide bonds. The molecule has 0 N–H and O–H groups in total. The predicted octanol–water partition coefficient (Wildman–Crippen LogP) is 0.310. The first-order valence-corrected chi connectivity index (χ1v) is 0.500. The molecule has 0 spiro atoms. The van der Waals surface area contributed by atoms with E-state index in [1.165, 1.54) is 0 Å². The van der Waals surface area contributed by atoms with E-state index in [0.717, 1.165) is 0 Å². The van der Waals surface area contributed by atoms with Crippen LogP contribution in [-0.4, -0.2) is 23.1 Å². The van der Waals surface area contributed by atoms with Crippen molar-refractivity contribution in [3.8, 4) is 0 Å².